The number of hydrogen-bond acceptors (Lipinski definition) is 3. The molecule has 0 bridgehead atoms. The van der Waals surface area contributed by atoms with E-state index in [1.54, 1.807) is 0 Å². The van der Waals surface area contributed by atoms with Crippen molar-refractivity contribution in [3.05, 3.63) is 0 Å². The van der Waals surface area contributed by atoms with E-state index >= 15 is 0 Å². The molecule has 0 aromatic heterocycles. The van der Waals surface area contributed by atoms with Crippen LogP contribution < -0.4 is 5.32 Å². The third kappa shape index (κ3) is 3.48. The Balaban J connectivity index is 1.50. The molecular formula is C15H27N3O. The molecule has 3 aliphatic rings. The van der Waals surface area contributed by atoms with Gasteiger partial charge < -0.3 is 10.2 Å². The monoisotopic (exact) mass is 265 g/mol. The van der Waals surface area contributed by atoms with Crippen molar-refractivity contribution in [3.8, 4) is 0 Å². The van der Waals surface area contributed by atoms with Gasteiger partial charge in [-0.2, -0.15) is 0 Å². The van der Waals surface area contributed by atoms with Crippen LogP contribution in [-0.2, 0) is 4.79 Å². The third-order valence-corrected chi connectivity index (χ3v) is 4.95. The lowest BCUT2D eigenvalue weighted by atomic mass is 9.93. The van der Waals surface area contributed by atoms with E-state index in [-0.39, 0.29) is 5.92 Å². The van der Waals surface area contributed by atoms with Crippen LogP contribution in [0.3, 0.4) is 0 Å². The zero-order chi connectivity index (χ0) is 13.2. The van der Waals surface area contributed by atoms with Gasteiger partial charge in [-0.25, -0.2) is 0 Å². The Hall–Kier alpha value is -0.610. The van der Waals surface area contributed by atoms with E-state index in [1.165, 1.54) is 51.7 Å². The molecule has 1 N–H and O–H groups in total. The van der Waals surface area contributed by atoms with Gasteiger partial charge in [0.15, 0.2) is 0 Å². The number of likely N-dealkylation sites (tertiary alicyclic amines) is 2. The average molecular weight is 265 g/mol. The summed E-state index contributed by atoms with van der Waals surface area (Å²) in [6.07, 6.45) is 7.20. The summed E-state index contributed by atoms with van der Waals surface area (Å²) in [7, 11) is 2.21. The molecular weight excluding hydrogens is 238 g/mol. The molecule has 0 aromatic carbocycles. The Labute approximate surface area is 116 Å². The maximum Gasteiger partial charge on any atom is 0.224 e. The summed E-state index contributed by atoms with van der Waals surface area (Å²) in [5, 5.41) is 3.18. The van der Waals surface area contributed by atoms with Gasteiger partial charge in [-0.05, 0) is 65.2 Å². The fourth-order valence-electron chi connectivity index (χ4n) is 3.46. The molecule has 0 radical (unpaired) electrons. The molecule has 3 rings (SSSR count). The molecule has 108 valence electrons. The van der Waals surface area contributed by atoms with Crippen molar-refractivity contribution >= 4 is 5.91 Å². The van der Waals surface area contributed by atoms with Crippen molar-refractivity contribution in [2.24, 2.45) is 5.92 Å². The molecule has 4 nitrogen and oxygen atoms in total. The lowest BCUT2D eigenvalue weighted by Gasteiger charge is -2.41. The number of amides is 1. The van der Waals surface area contributed by atoms with Crippen molar-refractivity contribution in [3.63, 3.8) is 0 Å². The predicted molar refractivity (Wildman–Crippen MR) is 76.0 cm³/mol. The first kappa shape index (κ1) is 13.4. The smallest absolute Gasteiger partial charge is 0.224 e. The number of carbonyl (C=O) groups excluding carboxylic acids is 1. The second-order valence-corrected chi connectivity index (χ2v) is 6.65. The van der Waals surface area contributed by atoms with Crippen molar-refractivity contribution in [1.82, 2.24) is 15.1 Å². The van der Waals surface area contributed by atoms with Gasteiger partial charge in [0.1, 0.15) is 0 Å². The van der Waals surface area contributed by atoms with Crippen molar-refractivity contribution in [2.75, 3.05) is 33.2 Å². The van der Waals surface area contributed by atoms with Gasteiger partial charge in [0, 0.05) is 18.6 Å². The minimum atomic E-state index is 0.244. The average Bonchev–Trinajstić information content (AvgIpc) is 3.24. The van der Waals surface area contributed by atoms with Crippen molar-refractivity contribution in [2.45, 2.75) is 50.6 Å². The van der Waals surface area contributed by atoms with Gasteiger partial charge in [-0.15, -0.1) is 0 Å². The molecule has 2 saturated heterocycles. The SMILES string of the molecule is CN1CCC(N2CCC[C@@H](C(=O)NC3CC3)C2)CC1. The molecule has 2 aliphatic heterocycles. The summed E-state index contributed by atoms with van der Waals surface area (Å²) >= 11 is 0. The third-order valence-electron chi connectivity index (χ3n) is 4.95. The Morgan fingerprint density at radius 2 is 1.79 bits per heavy atom. The summed E-state index contributed by atoms with van der Waals surface area (Å²) in [6.45, 7) is 4.61. The molecule has 2 heterocycles. The second-order valence-electron chi connectivity index (χ2n) is 6.65. The van der Waals surface area contributed by atoms with E-state index in [0.29, 0.717) is 18.0 Å². The highest BCUT2D eigenvalue weighted by Crippen LogP contribution is 2.25. The molecule has 1 aliphatic carbocycles. The van der Waals surface area contributed by atoms with Crippen LogP contribution in [0.5, 0.6) is 0 Å². The van der Waals surface area contributed by atoms with Gasteiger partial charge in [0.2, 0.25) is 5.91 Å². The zero-order valence-electron chi connectivity index (χ0n) is 12.1. The Kier molecular flexibility index (Phi) is 4.08. The number of hydrogen-bond donors (Lipinski definition) is 1. The van der Waals surface area contributed by atoms with Crippen LogP contribution in [0.4, 0.5) is 0 Å². The van der Waals surface area contributed by atoms with Gasteiger partial charge in [-0.3, -0.25) is 9.69 Å². The van der Waals surface area contributed by atoms with Crippen LogP contribution >= 0.6 is 0 Å². The molecule has 0 spiro atoms. The molecule has 0 aromatic rings. The highest BCUT2D eigenvalue weighted by molar-refractivity contribution is 5.79. The van der Waals surface area contributed by atoms with Crippen LogP contribution in [0.25, 0.3) is 0 Å². The molecule has 1 saturated carbocycles. The first-order chi connectivity index (χ1) is 9.22. The van der Waals surface area contributed by atoms with Crippen LogP contribution in [0, 0.1) is 5.92 Å². The Bertz CT molecular complexity index is 321. The topological polar surface area (TPSA) is 35.6 Å². The maximum atomic E-state index is 12.2. The maximum absolute atomic E-state index is 12.2. The van der Waals surface area contributed by atoms with E-state index in [0.717, 1.165) is 13.0 Å². The lowest BCUT2D eigenvalue weighted by molar-refractivity contribution is -0.127. The first-order valence-corrected chi connectivity index (χ1v) is 7.95. The zero-order valence-corrected chi connectivity index (χ0v) is 12.1. The number of piperidine rings is 2. The van der Waals surface area contributed by atoms with E-state index in [4.69, 9.17) is 0 Å². The summed E-state index contributed by atoms with van der Waals surface area (Å²) in [5.41, 5.74) is 0. The summed E-state index contributed by atoms with van der Waals surface area (Å²) in [6, 6.07) is 1.22. The summed E-state index contributed by atoms with van der Waals surface area (Å²) < 4.78 is 0. The minimum absolute atomic E-state index is 0.244. The number of nitrogens with zero attached hydrogens (tertiary/aromatic N) is 2. The molecule has 1 atom stereocenters. The first-order valence-electron chi connectivity index (χ1n) is 7.95. The highest BCUT2D eigenvalue weighted by atomic mass is 16.2. The normalized spacial score (nSPS) is 31.3. The second kappa shape index (κ2) is 5.80. The Morgan fingerprint density at radius 3 is 2.47 bits per heavy atom. The fourth-order valence-corrected chi connectivity index (χ4v) is 3.46. The van der Waals surface area contributed by atoms with Gasteiger partial charge >= 0.3 is 0 Å². The predicted octanol–water partition coefficient (Wildman–Crippen LogP) is 1.07. The fraction of sp³-hybridized carbons (Fsp3) is 0.933. The van der Waals surface area contributed by atoms with E-state index in [2.05, 4.69) is 22.2 Å². The largest absolute Gasteiger partial charge is 0.353 e. The van der Waals surface area contributed by atoms with Crippen LogP contribution in [0.2, 0.25) is 0 Å². The van der Waals surface area contributed by atoms with Gasteiger partial charge in [-0.1, -0.05) is 0 Å². The molecule has 19 heavy (non-hydrogen) atoms. The van der Waals surface area contributed by atoms with Gasteiger partial charge in [0.25, 0.3) is 0 Å². The summed E-state index contributed by atoms with van der Waals surface area (Å²) in [5.74, 6) is 0.564. The van der Waals surface area contributed by atoms with Crippen LogP contribution in [0.1, 0.15) is 38.5 Å². The molecule has 0 unspecified atom stereocenters. The highest BCUT2D eigenvalue weighted by Gasteiger charge is 2.33. The van der Waals surface area contributed by atoms with E-state index < -0.39 is 0 Å². The quantitative estimate of drug-likeness (QED) is 0.829. The number of nitrogens with one attached hydrogen (secondary N) is 1. The lowest BCUT2D eigenvalue weighted by Crippen LogP contribution is -2.50. The van der Waals surface area contributed by atoms with Crippen LogP contribution in [-0.4, -0.2) is 61.0 Å². The minimum Gasteiger partial charge on any atom is -0.353 e. The van der Waals surface area contributed by atoms with Gasteiger partial charge in [0.05, 0.1) is 5.92 Å². The molecule has 3 fully saturated rings. The molecule has 4 heteroatoms. The molecule has 1 amide bonds. The standard InChI is InChI=1S/C15H27N3O/c1-17-9-6-14(7-10-17)18-8-2-3-12(11-18)15(19)16-13-4-5-13/h12-14H,2-11H2,1H3,(H,16,19)/t12-/m1/s1. The Morgan fingerprint density at radius 1 is 1.05 bits per heavy atom. The van der Waals surface area contributed by atoms with E-state index in [1.807, 2.05) is 0 Å². The van der Waals surface area contributed by atoms with Crippen molar-refractivity contribution in [1.29, 1.82) is 0 Å². The number of rotatable bonds is 3. The van der Waals surface area contributed by atoms with Crippen LogP contribution in [0.15, 0.2) is 0 Å². The van der Waals surface area contributed by atoms with Crippen molar-refractivity contribution < 1.29 is 4.79 Å². The number of carbonyl (C=O) groups is 1. The van der Waals surface area contributed by atoms with E-state index in [9.17, 15) is 4.79 Å². The summed E-state index contributed by atoms with van der Waals surface area (Å²) in [4.78, 5) is 17.2.